The summed E-state index contributed by atoms with van der Waals surface area (Å²) in [4.78, 5) is 19.0. The highest BCUT2D eigenvalue weighted by atomic mass is 16.6. The van der Waals surface area contributed by atoms with E-state index in [-0.39, 0.29) is 18.2 Å². The van der Waals surface area contributed by atoms with Crippen molar-refractivity contribution in [3.05, 3.63) is 48.2 Å². The first-order valence-electron chi connectivity index (χ1n) is 8.98. The van der Waals surface area contributed by atoms with Gasteiger partial charge in [0.1, 0.15) is 5.60 Å². The van der Waals surface area contributed by atoms with Crippen molar-refractivity contribution in [2.75, 3.05) is 0 Å². The molecule has 2 aliphatic heterocycles. The van der Waals surface area contributed by atoms with Gasteiger partial charge >= 0.3 is 6.09 Å². The number of benzene rings is 1. The maximum absolute atomic E-state index is 12.6. The number of amides is 1. The predicted molar refractivity (Wildman–Crippen MR) is 99.2 cm³/mol. The molecule has 0 N–H and O–H groups in total. The van der Waals surface area contributed by atoms with Crippen LogP contribution in [0.3, 0.4) is 0 Å². The molecule has 0 spiro atoms. The van der Waals surface area contributed by atoms with Crippen molar-refractivity contribution in [2.24, 2.45) is 0 Å². The summed E-state index contributed by atoms with van der Waals surface area (Å²) in [5, 5.41) is 1.18. The molecule has 0 aliphatic carbocycles. The lowest BCUT2D eigenvalue weighted by Gasteiger charge is -2.35. The summed E-state index contributed by atoms with van der Waals surface area (Å²) in [6.07, 6.45) is 6.83. The van der Waals surface area contributed by atoms with Crippen molar-refractivity contribution in [2.45, 2.75) is 57.7 Å². The number of nitrogens with zero attached hydrogens (tertiary/aromatic N) is 2. The second-order valence-corrected chi connectivity index (χ2v) is 7.96. The number of aromatic nitrogens is 1. The molecule has 4 heteroatoms. The molecule has 3 heterocycles. The number of rotatable bonds is 1. The third kappa shape index (κ3) is 3.01. The van der Waals surface area contributed by atoms with Gasteiger partial charge in [0.15, 0.2) is 0 Å². The minimum absolute atomic E-state index is 0.135. The molecule has 2 bridgehead atoms. The molecule has 1 aromatic heterocycles. The summed E-state index contributed by atoms with van der Waals surface area (Å²) < 4.78 is 5.62. The minimum Gasteiger partial charge on any atom is -0.444 e. The first kappa shape index (κ1) is 16.1. The highest BCUT2D eigenvalue weighted by Crippen LogP contribution is 2.40. The molecular weight excluding hydrogens is 312 g/mol. The second kappa shape index (κ2) is 5.87. The highest BCUT2D eigenvalue weighted by molar-refractivity contribution is 5.92. The number of ether oxygens (including phenoxy) is 1. The van der Waals surface area contributed by atoms with Crippen LogP contribution in [0.4, 0.5) is 4.79 Å². The van der Waals surface area contributed by atoms with Crippen LogP contribution in [-0.4, -0.2) is 33.7 Å². The summed E-state index contributed by atoms with van der Waals surface area (Å²) in [5.74, 6) is 0. The fourth-order valence-electron chi connectivity index (χ4n) is 4.01. The van der Waals surface area contributed by atoms with E-state index in [0.717, 1.165) is 24.8 Å². The van der Waals surface area contributed by atoms with Gasteiger partial charge in [-0.05, 0) is 63.3 Å². The molecule has 0 radical (unpaired) electrons. The fraction of sp³-hybridized carbons (Fsp3) is 0.429. The maximum Gasteiger partial charge on any atom is 0.411 e. The number of pyridine rings is 1. The van der Waals surface area contributed by atoms with Crippen LogP contribution < -0.4 is 0 Å². The molecular formula is C21H24N2O2. The van der Waals surface area contributed by atoms with Crippen LogP contribution in [0, 0.1) is 0 Å². The normalized spacial score (nSPS) is 22.8. The average molecular weight is 336 g/mol. The van der Waals surface area contributed by atoms with Crippen molar-refractivity contribution in [1.82, 2.24) is 9.88 Å². The van der Waals surface area contributed by atoms with Gasteiger partial charge < -0.3 is 4.74 Å². The van der Waals surface area contributed by atoms with Crippen LogP contribution in [0.25, 0.3) is 16.5 Å². The summed E-state index contributed by atoms with van der Waals surface area (Å²) in [5.41, 5.74) is 3.13. The van der Waals surface area contributed by atoms with Gasteiger partial charge in [-0.1, -0.05) is 24.3 Å². The maximum atomic E-state index is 12.6. The highest BCUT2D eigenvalue weighted by Gasteiger charge is 2.41. The molecule has 1 saturated heterocycles. The lowest BCUT2D eigenvalue weighted by Crippen LogP contribution is -2.45. The third-order valence-electron chi connectivity index (χ3n) is 4.99. The number of carbonyl (C=O) groups excluding carboxylic acids is 1. The number of hydrogen-bond acceptors (Lipinski definition) is 3. The van der Waals surface area contributed by atoms with E-state index in [9.17, 15) is 4.79 Å². The molecule has 0 saturated carbocycles. The van der Waals surface area contributed by atoms with Gasteiger partial charge in [0.2, 0.25) is 0 Å². The van der Waals surface area contributed by atoms with Gasteiger partial charge in [0.25, 0.3) is 0 Å². The molecule has 2 atom stereocenters. The van der Waals surface area contributed by atoms with Crippen LogP contribution in [-0.2, 0) is 4.74 Å². The van der Waals surface area contributed by atoms with Crippen molar-refractivity contribution >= 4 is 22.6 Å². The molecule has 1 amide bonds. The molecule has 4 nitrogen and oxygen atoms in total. The van der Waals surface area contributed by atoms with Gasteiger partial charge in [-0.3, -0.25) is 9.88 Å². The van der Waals surface area contributed by atoms with Crippen LogP contribution in [0.5, 0.6) is 0 Å². The fourth-order valence-corrected chi connectivity index (χ4v) is 4.01. The molecule has 1 fully saturated rings. The Morgan fingerprint density at radius 3 is 2.80 bits per heavy atom. The lowest BCUT2D eigenvalue weighted by atomic mass is 9.92. The van der Waals surface area contributed by atoms with Gasteiger partial charge in [-0.25, -0.2) is 4.79 Å². The monoisotopic (exact) mass is 336 g/mol. The van der Waals surface area contributed by atoms with E-state index < -0.39 is 5.60 Å². The lowest BCUT2D eigenvalue weighted by molar-refractivity contribution is 0.0175. The largest absolute Gasteiger partial charge is 0.444 e. The van der Waals surface area contributed by atoms with E-state index in [4.69, 9.17) is 4.74 Å². The van der Waals surface area contributed by atoms with Crippen molar-refractivity contribution in [3.8, 4) is 0 Å². The zero-order valence-corrected chi connectivity index (χ0v) is 15.0. The van der Waals surface area contributed by atoms with Crippen LogP contribution >= 0.6 is 0 Å². The van der Waals surface area contributed by atoms with Crippen LogP contribution in [0.1, 0.15) is 45.6 Å². The number of carbonyl (C=O) groups is 1. The SMILES string of the molecule is CC(C)(C)OC(=O)N1C2C=C(c3cccc4ncccc34)CC1CC2. The van der Waals surface area contributed by atoms with Crippen LogP contribution in [0.15, 0.2) is 42.6 Å². The van der Waals surface area contributed by atoms with E-state index in [1.54, 1.807) is 0 Å². The van der Waals surface area contributed by atoms with Crippen molar-refractivity contribution < 1.29 is 9.53 Å². The molecule has 130 valence electrons. The molecule has 2 aromatic rings. The summed E-state index contributed by atoms with van der Waals surface area (Å²) in [7, 11) is 0. The molecule has 1 aromatic carbocycles. The average Bonchev–Trinajstić information content (AvgIpc) is 2.83. The van der Waals surface area contributed by atoms with Gasteiger partial charge in [0, 0.05) is 17.6 Å². The summed E-state index contributed by atoms with van der Waals surface area (Å²) in [6.45, 7) is 5.75. The third-order valence-corrected chi connectivity index (χ3v) is 4.99. The van der Waals surface area contributed by atoms with Crippen molar-refractivity contribution in [1.29, 1.82) is 0 Å². The standard InChI is InChI=1S/C21H24N2O2/c1-21(2,3)25-20(24)23-15-9-10-16(23)13-14(12-15)17-6-4-8-19-18(17)7-5-11-22-19/h4-8,11-12,15-16H,9-10,13H2,1-3H3. The molecule has 4 rings (SSSR count). The predicted octanol–water partition coefficient (Wildman–Crippen LogP) is 4.79. The number of hydrogen-bond donors (Lipinski definition) is 0. The molecule has 2 unspecified atom stereocenters. The Balaban J connectivity index is 1.66. The van der Waals surface area contributed by atoms with Gasteiger partial charge in [-0.15, -0.1) is 0 Å². The Kier molecular flexibility index (Phi) is 3.78. The number of fused-ring (bicyclic) bond motifs is 3. The van der Waals surface area contributed by atoms with E-state index in [1.807, 2.05) is 44.0 Å². The first-order chi connectivity index (χ1) is 11.9. The first-order valence-corrected chi connectivity index (χ1v) is 8.98. The Morgan fingerprint density at radius 1 is 1.20 bits per heavy atom. The smallest absolute Gasteiger partial charge is 0.411 e. The summed E-state index contributed by atoms with van der Waals surface area (Å²) in [6, 6.07) is 10.7. The van der Waals surface area contributed by atoms with E-state index in [1.165, 1.54) is 16.5 Å². The van der Waals surface area contributed by atoms with Crippen molar-refractivity contribution in [3.63, 3.8) is 0 Å². The van der Waals surface area contributed by atoms with E-state index in [0.29, 0.717) is 0 Å². The Hall–Kier alpha value is -2.36. The van der Waals surface area contributed by atoms with Crippen LogP contribution in [0.2, 0.25) is 0 Å². The minimum atomic E-state index is -0.457. The van der Waals surface area contributed by atoms with Gasteiger partial charge in [0.05, 0.1) is 11.6 Å². The zero-order chi connectivity index (χ0) is 17.6. The topological polar surface area (TPSA) is 42.4 Å². The molecule has 25 heavy (non-hydrogen) atoms. The Morgan fingerprint density at radius 2 is 2.04 bits per heavy atom. The Bertz CT molecular complexity index is 845. The zero-order valence-electron chi connectivity index (χ0n) is 15.0. The van der Waals surface area contributed by atoms with E-state index >= 15 is 0 Å². The molecule has 2 aliphatic rings. The van der Waals surface area contributed by atoms with Gasteiger partial charge in [-0.2, -0.15) is 0 Å². The summed E-state index contributed by atoms with van der Waals surface area (Å²) >= 11 is 0. The second-order valence-electron chi connectivity index (χ2n) is 7.96. The Labute approximate surface area is 148 Å². The van der Waals surface area contributed by atoms with E-state index in [2.05, 4.69) is 29.3 Å². The quantitative estimate of drug-likeness (QED) is 0.752.